The fourth-order valence-corrected chi connectivity index (χ4v) is 1.64. The van der Waals surface area contributed by atoms with E-state index in [1.54, 1.807) is 0 Å². The molecule has 0 saturated heterocycles. The van der Waals surface area contributed by atoms with Gasteiger partial charge in [-0.05, 0) is 6.07 Å². The van der Waals surface area contributed by atoms with E-state index in [-0.39, 0.29) is 4.88 Å². The van der Waals surface area contributed by atoms with Gasteiger partial charge in [-0.25, -0.2) is 14.4 Å². The maximum Gasteiger partial charge on any atom is 0.346 e. The Hall–Kier alpha value is -1.89. The van der Waals surface area contributed by atoms with Crippen LogP contribution in [0.3, 0.4) is 0 Å². The van der Waals surface area contributed by atoms with Gasteiger partial charge in [0.15, 0.2) is 0 Å². The molecule has 0 aliphatic rings. The van der Waals surface area contributed by atoms with Crippen molar-refractivity contribution in [1.82, 2.24) is 0 Å². The van der Waals surface area contributed by atoms with Crippen LogP contribution in [0, 0.1) is 0 Å². The van der Waals surface area contributed by atoms with E-state index in [2.05, 4.69) is 0 Å². The number of thiophene rings is 1. The molecule has 0 aliphatic heterocycles. The summed E-state index contributed by atoms with van der Waals surface area (Å²) in [6.07, 6.45) is 0. The lowest BCUT2D eigenvalue weighted by atomic mass is 10.2. The van der Waals surface area contributed by atoms with Gasteiger partial charge in [0.1, 0.15) is 9.75 Å². The Morgan fingerprint density at radius 1 is 1.00 bits per heavy atom. The first-order valence-electron chi connectivity index (χ1n) is 3.27. The third kappa shape index (κ3) is 1.72. The summed E-state index contributed by atoms with van der Waals surface area (Å²) in [6, 6.07) is 0.832. The summed E-state index contributed by atoms with van der Waals surface area (Å²) in [7, 11) is 0. The van der Waals surface area contributed by atoms with Crippen molar-refractivity contribution in [2.24, 2.45) is 0 Å². The van der Waals surface area contributed by atoms with Crippen LogP contribution in [0.5, 0.6) is 0 Å². The Balaban J connectivity index is 3.33. The van der Waals surface area contributed by atoms with Gasteiger partial charge in [0.25, 0.3) is 0 Å². The molecule has 0 aromatic carbocycles. The molecule has 0 atom stereocenters. The molecule has 1 aromatic heterocycles. The highest BCUT2D eigenvalue weighted by atomic mass is 32.1. The van der Waals surface area contributed by atoms with Crippen LogP contribution in [0.25, 0.3) is 0 Å². The van der Waals surface area contributed by atoms with Crippen molar-refractivity contribution in [2.45, 2.75) is 0 Å². The SMILES string of the molecule is O=C(O)c1cc(C(=O)O)c(C(=O)O)s1. The lowest BCUT2D eigenvalue weighted by molar-refractivity contribution is 0.0656. The minimum atomic E-state index is -1.45. The molecular formula is C7H4O6S. The standard InChI is InChI=1S/C7H4O6S/c8-5(9)2-1-3(6(10)11)14-4(2)7(12)13/h1H,(H,8,9)(H,10,11)(H,12,13). The van der Waals surface area contributed by atoms with E-state index < -0.39 is 28.3 Å². The van der Waals surface area contributed by atoms with Crippen LogP contribution in [-0.2, 0) is 0 Å². The summed E-state index contributed by atoms with van der Waals surface area (Å²) in [5, 5.41) is 25.6. The number of carbonyl (C=O) groups is 3. The number of hydrogen-bond donors (Lipinski definition) is 3. The summed E-state index contributed by atoms with van der Waals surface area (Å²) in [6.45, 7) is 0. The summed E-state index contributed by atoms with van der Waals surface area (Å²) in [5.74, 6) is -4.24. The van der Waals surface area contributed by atoms with Crippen LogP contribution in [0.2, 0.25) is 0 Å². The molecule has 0 amide bonds. The van der Waals surface area contributed by atoms with Crippen LogP contribution in [-0.4, -0.2) is 33.2 Å². The Morgan fingerprint density at radius 2 is 1.57 bits per heavy atom. The van der Waals surface area contributed by atoms with E-state index in [0.717, 1.165) is 6.07 Å². The lowest BCUT2D eigenvalue weighted by Gasteiger charge is -1.89. The Labute approximate surface area is 81.0 Å². The molecule has 1 heterocycles. The van der Waals surface area contributed by atoms with Crippen molar-refractivity contribution < 1.29 is 29.7 Å². The smallest absolute Gasteiger partial charge is 0.346 e. The second-order valence-corrected chi connectivity index (χ2v) is 3.32. The van der Waals surface area contributed by atoms with Crippen LogP contribution < -0.4 is 0 Å². The van der Waals surface area contributed by atoms with E-state index in [4.69, 9.17) is 15.3 Å². The van der Waals surface area contributed by atoms with Gasteiger partial charge >= 0.3 is 17.9 Å². The van der Waals surface area contributed by atoms with Crippen LogP contribution in [0.15, 0.2) is 6.07 Å². The fourth-order valence-electron chi connectivity index (χ4n) is 0.814. The molecule has 3 N–H and O–H groups in total. The van der Waals surface area contributed by atoms with Gasteiger partial charge in [-0.15, -0.1) is 11.3 Å². The molecule has 14 heavy (non-hydrogen) atoms. The number of carboxylic acids is 3. The highest BCUT2D eigenvalue weighted by Crippen LogP contribution is 2.22. The maximum atomic E-state index is 10.5. The van der Waals surface area contributed by atoms with Gasteiger partial charge in [0, 0.05) is 0 Å². The normalized spacial score (nSPS) is 9.71. The molecule has 7 heteroatoms. The average molecular weight is 216 g/mol. The third-order valence-electron chi connectivity index (χ3n) is 1.37. The molecule has 0 bridgehead atoms. The van der Waals surface area contributed by atoms with Crippen LogP contribution >= 0.6 is 11.3 Å². The highest BCUT2D eigenvalue weighted by molar-refractivity contribution is 7.16. The molecule has 1 rings (SSSR count). The van der Waals surface area contributed by atoms with Gasteiger partial charge in [-0.3, -0.25) is 0 Å². The molecule has 0 spiro atoms. The molecule has 74 valence electrons. The average Bonchev–Trinajstić information content (AvgIpc) is 2.47. The van der Waals surface area contributed by atoms with Crippen molar-refractivity contribution in [1.29, 1.82) is 0 Å². The highest BCUT2D eigenvalue weighted by Gasteiger charge is 2.22. The molecule has 6 nitrogen and oxygen atoms in total. The quantitative estimate of drug-likeness (QED) is 0.690. The van der Waals surface area contributed by atoms with Gasteiger partial charge < -0.3 is 15.3 Å². The third-order valence-corrected chi connectivity index (χ3v) is 2.48. The second kappa shape index (κ2) is 3.46. The molecule has 0 saturated carbocycles. The summed E-state index contributed by atoms with van der Waals surface area (Å²) < 4.78 is 0. The second-order valence-electron chi connectivity index (χ2n) is 2.27. The minimum Gasteiger partial charge on any atom is -0.478 e. The Kier molecular flexibility index (Phi) is 2.52. The molecule has 0 unspecified atom stereocenters. The molecular weight excluding hydrogens is 212 g/mol. The molecule has 1 aromatic rings. The van der Waals surface area contributed by atoms with Gasteiger partial charge in [-0.1, -0.05) is 0 Å². The monoisotopic (exact) mass is 216 g/mol. The van der Waals surface area contributed by atoms with Crippen molar-refractivity contribution in [2.75, 3.05) is 0 Å². The first-order chi connectivity index (χ1) is 6.43. The predicted octanol–water partition coefficient (Wildman–Crippen LogP) is 0.843. The predicted molar refractivity (Wildman–Crippen MR) is 45.2 cm³/mol. The van der Waals surface area contributed by atoms with E-state index in [1.807, 2.05) is 0 Å². The fraction of sp³-hybridized carbons (Fsp3) is 0. The zero-order chi connectivity index (χ0) is 10.9. The number of hydrogen-bond acceptors (Lipinski definition) is 4. The summed E-state index contributed by atoms with van der Waals surface area (Å²) in [5.41, 5.74) is -0.500. The Morgan fingerprint density at radius 3 is 1.86 bits per heavy atom. The molecule has 0 fully saturated rings. The van der Waals surface area contributed by atoms with E-state index >= 15 is 0 Å². The van der Waals surface area contributed by atoms with Crippen molar-refractivity contribution in [3.8, 4) is 0 Å². The van der Waals surface area contributed by atoms with E-state index in [0.29, 0.717) is 11.3 Å². The number of aromatic carboxylic acids is 3. The van der Waals surface area contributed by atoms with E-state index in [9.17, 15) is 14.4 Å². The lowest BCUT2D eigenvalue weighted by Crippen LogP contribution is -2.03. The first-order valence-corrected chi connectivity index (χ1v) is 4.09. The van der Waals surface area contributed by atoms with Gasteiger partial charge in [0.05, 0.1) is 5.56 Å². The molecule has 0 aliphatic carbocycles. The zero-order valence-electron chi connectivity index (χ0n) is 6.55. The van der Waals surface area contributed by atoms with Crippen LogP contribution in [0.4, 0.5) is 0 Å². The number of rotatable bonds is 3. The maximum absolute atomic E-state index is 10.5. The van der Waals surface area contributed by atoms with Gasteiger partial charge in [0.2, 0.25) is 0 Å². The van der Waals surface area contributed by atoms with Crippen molar-refractivity contribution >= 4 is 29.2 Å². The summed E-state index contributed by atoms with van der Waals surface area (Å²) in [4.78, 5) is 30.7. The van der Waals surface area contributed by atoms with Crippen molar-refractivity contribution in [3.63, 3.8) is 0 Å². The zero-order valence-corrected chi connectivity index (χ0v) is 7.37. The largest absolute Gasteiger partial charge is 0.478 e. The van der Waals surface area contributed by atoms with Crippen molar-refractivity contribution in [3.05, 3.63) is 21.4 Å². The minimum absolute atomic E-state index is 0.306. The van der Waals surface area contributed by atoms with E-state index in [1.165, 1.54) is 0 Å². The first kappa shape index (κ1) is 10.2. The Bertz CT molecular complexity index is 386. The molecule has 0 radical (unpaired) electrons. The van der Waals surface area contributed by atoms with Crippen LogP contribution in [0.1, 0.15) is 29.7 Å². The topological polar surface area (TPSA) is 112 Å². The number of carboxylic acid groups (broad SMARTS) is 3. The van der Waals surface area contributed by atoms with Gasteiger partial charge in [-0.2, -0.15) is 0 Å². The summed E-state index contributed by atoms with van der Waals surface area (Å²) >= 11 is 0.424.